The lowest BCUT2D eigenvalue weighted by molar-refractivity contribution is 0.475. The van der Waals surface area contributed by atoms with Crippen LogP contribution in [0.15, 0.2) is 182 Å². The molecule has 4 heteroatoms. The summed E-state index contributed by atoms with van der Waals surface area (Å²) < 4.78 is 0. The molecule has 0 atom stereocenters. The molecule has 0 bridgehead atoms. The Morgan fingerprint density at radius 1 is 0.204 bits per heavy atom. The Bertz CT molecular complexity index is 2440. The molecular weight excluding hydrogens is 665 g/mol. The molecule has 9 aromatic rings. The summed E-state index contributed by atoms with van der Waals surface area (Å²) in [5.41, 5.74) is 12.3. The molecule has 258 valence electrons. The van der Waals surface area contributed by atoms with Gasteiger partial charge in [0, 0.05) is 0 Å². The Hall–Kier alpha value is -7.30. The molecular formula is C50H34O4. The molecule has 0 spiro atoms. The smallest absolute Gasteiger partial charge is 0.115 e. The zero-order chi connectivity index (χ0) is 36.8. The number of rotatable bonds is 6. The van der Waals surface area contributed by atoms with Gasteiger partial charge in [-0.3, -0.25) is 0 Å². The first-order chi connectivity index (χ1) is 26.4. The van der Waals surface area contributed by atoms with Gasteiger partial charge >= 0.3 is 0 Å². The maximum absolute atomic E-state index is 10.1. The average Bonchev–Trinajstić information content (AvgIpc) is 3.20. The van der Waals surface area contributed by atoms with Crippen molar-refractivity contribution in [3.63, 3.8) is 0 Å². The molecule has 4 N–H and O–H groups in total. The van der Waals surface area contributed by atoms with Gasteiger partial charge in [-0.25, -0.2) is 0 Å². The number of fused-ring (bicyclic) bond motifs is 2. The van der Waals surface area contributed by atoms with Gasteiger partial charge in [-0.15, -0.1) is 0 Å². The summed E-state index contributed by atoms with van der Waals surface area (Å²) in [6.07, 6.45) is 0. The largest absolute Gasteiger partial charge is 0.508 e. The van der Waals surface area contributed by atoms with Gasteiger partial charge in [0.1, 0.15) is 23.0 Å². The van der Waals surface area contributed by atoms with E-state index in [0.717, 1.165) is 88.3 Å². The van der Waals surface area contributed by atoms with E-state index in [2.05, 4.69) is 84.9 Å². The fourth-order valence-electron chi connectivity index (χ4n) is 7.58. The second-order valence-corrected chi connectivity index (χ2v) is 13.6. The summed E-state index contributed by atoms with van der Waals surface area (Å²) in [6, 6.07) is 59.4. The molecule has 0 unspecified atom stereocenters. The van der Waals surface area contributed by atoms with Gasteiger partial charge < -0.3 is 20.4 Å². The zero-order valence-corrected chi connectivity index (χ0v) is 29.1. The summed E-state index contributed by atoms with van der Waals surface area (Å²) in [5, 5.41) is 44.8. The van der Waals surface area contributed by atoms with E-state index in [1.165, 1.54) is 0 Å². The minimum atomic E-state index is 0.212. The van der Waals surface area contributed by atoms with Crippen molar-refractivity contribution in [1.29, 1.82) is 0 Å². The van der Waals surface area contributed by atoms with Gasteiger partial charge in [-0.2, -0.15) is 0 Å². The van der Waals surface area contributed by atoms with Gasteiger partial charge in [0.25, 0.3) is 0 Å². The third-order valence-electron chi connectivity index (χ3n) is 10.2. The Morgan fingerprint density at radius 2 is 0.407 bits per heavy atom. The lowest BCUT2D eigenvalue weighted by Crippen LogP contribution is -1.93. The molecule has 0 heterocycles. The summed E-state index contributed by atoms with van der Waals surface area (Å²) in [5.74, 6) is 0.849. The lowest BCUT2D eigenvalue weighted by atomic mass is 9.83. The number of aromatic hydroxyl groups is 4. The first-order valence-electron chi connectivity index (χ1n) is 17.8. The first-order valence-corrected chi connectivity index (χ1v) is 17.8. The second kappa shape index (κ2) is 13.4. The fraction of sp³-hybridized carbons (Fsp3) is 0. The van der Waals surface area contributed by atoms with E-state index >= 15 is 0 Å². The number of phenols is 4. The molecule has 4 nitrogen and oxygen atoms in total. The molecule has 0 aliphatic heterocycles. The van der Waals surface area contributed by atoms with Crippen LogP contribution in [0.5, 0.6) is 23.0 Å². The van der Waals surface area contributed by atoms with Crippen molar-refractivity contribution in [2.24, 2.45) is 0 Å². The molecule has 0 saturated carbocycles. The molecule has 0 fully saturated rings. The van der Waals surface area contributed by atoms with Crippen LogP contribution in [-0.2, 0) is 0 Å². The SMILES string of the molecule is Oc1ccc(-c2cc(-c3ccc(O)cc3)cc(-c3c4ccccc4c(-c4cc(-c5ccc(O)cc5)cc(-c5ccc(O)cc5)c4)c4ccccc34)c2)cc1. The van der Waals surface area contributed by atoms with E-state index < -0.39 is 0 Å². The van der Waals surface area contributed by atoms with Gasteiger partial charge in [-0.1, -0.05) is 97.1 Å². The van der Waals surface area contributed by atoms with E-state index in [4.69, 9.17) is 0 Å². The second-order valence-electron chi connectivity index (χ2n) is 13.6. The Morgan fingerprint density at radius 3 is 0.630 bits per heavy atom. The minimum absolute atomic E-state index is 0.212. The third kappa shape index (κ3) is 6.06. The van der Waals surface area contributed by atoms with Crippen molar-refractivity contribution in [2.45, 2.75) is 0 Å². The summed E-state index contributed by atoms with van der Waals surface area (Å²) in [7, 11) is 0. The number of hydrogen-bond acceptors (Lipinski definition) is 4. The van der Waals surface area contributed by atoms with Gasteiger partial charge in [0.2, 0.25) is 0 Å². The van der Waals surface area contributed by atoms with E-state index in [1.807, 2.05) is 48.5 Å². The topological polar surface area (TPSA) is 80.9 Å². The van der Waals surface area contributed by atoms with Gasteiger partial charge in [-0.05, 0) is 173 Å². The Kier molecular flexibility index (Phi) is 8.06. The first kappa shape index (κ1) is 32.6. The fourth-order valence-corrected chi connectivity index (χ4v) is 7.58. The minimum Gasteiger partial charge on any atom is -0.508 e. The monoisotopic (exact) mass is 698 g/mol. The van der Waals surface area contributed by atoms with Crippen molar-refractivity contribution >= 4 is 21.5 Å². The molecule has 9 aromatic carbocycles. The third-order valence-corrected chi connectivity index (χ3v) is 10.2. The number of phenolic OH excluding ortho intramolecular Hbond substituents is 4. The quantitative estimate of drug-likeness (QED) is 0.130. The van der Waals surface area contributed by atoms with E-state index in [-0.39, 0.29) is 23.0 Å². The van der Waals surface area contributed by atoms with Gasteiger partial charge in [0.05, 0.1) is 0 Å². The highest BCUT2D eigenvalue weighted by Crippen LogP contribution is 2.47. The summed E-state index contributed by atoms with van der Waals surface area (Å²) in [6.45, 7) is 0. The van der Waals surface area contributed by atoms with Crippen molar-refractivity contribution in [3.05, 3.63) is 182 Å². The highest BCUT2D eigenvalue weighted by atomic mass is 16.3. The molecule has 9 rings (SSSR count). The van der Waals surface area contributed by atoms with Gasteiger partial charge in [0.15, 0.2) is 0 Å². The average molecular weight is 699 g/mol. The van der Waals surface area contributed by atoms with Crippen LogP contribution in [0, 0.1) is 0 Å². The highest BCUT2D eigenvalue weighted by molar-refractivity contribution is 6.22. The molecule has 0 aromatic heterocycles. The summed E-state index contributed by atoms with van der Waals surface area (Å²) in [4.78, 5) is 0. The van der Waals surface area contributed by atoms with Crippen LogP contribution in [0.1, 0.15) is 0 Å². The molecule has 54 heavy (non-hydrogen) atoms. The number of hydrogen-bond donors (Lipinski definition) is 4. The normalized spacial score (nSPS) is 11.3. The number of benzene rings is 9. The predicted molar refractivity (Wildman–Crippen MR) is 221 cm³/mol. The van der Waals surface area contributed by atoms with E-state index in [0.29, 0.717) is 0 Å². The van der Waals surface area contributed by atoms with Crippen LogP contribution in [0.2, 0.25) is 0 Å². The van der Waals surface area contributed by atoms with Crippen molar-refractivity contribution in [3.8, 4) is 89.8 Å². The standard InChI is InChI=1S/C50H34O4/c51-41-17-9-31(10-18-41)35-25-36(32-11-19-42(52)20-12-32)28-39(27-35)49-45-5-1-2-6-46(45)50(48-8-4-3-7-47(48)49)40-29-37(33-13-21-43(53)22-14-33)26-38(30-40)34-15-23-44(54)24-16-34/h1-30,51-54H. The van der Waals surface area contributed by atoms with Crippen molar-refractivity contribution in [2.75, 3.05) is 0 Å². The molecule has 0 saturated heterocycles. The van der Waals surface area contributed by atoms with Crippen LogP contribution in [-0.4, -0.2) is 20.4 Å². The van der Waals surface area contributed by atoms with E-state index in [9.17, 15) is 20.4 Å². The molecule has 0 radical (unpaired) electrons. The Labute approximate surface area is 312 Å². The molecule has 0 aliphatic carbocycles. The maximum Gasteiger partial charge on any atom is 0.115 e. The van der Waals surface area contributed by atoms with Crippen molar-refractivity contribution < 1.29 is 20.4 Å². The predicted octanol–water partition coefficient (Wildman–Crippen LogP) is 12.8. The Balaban J connectivity index is 1.34. The summed E-state index contributed by atoms with van der Waals surface area (Å²) >= 11 is 0. The van der Waals surface area contributed by atoms with Crippen LogP contribution in [0.25, 0.3) is 88.3 Å². The lowest BCUT2D eigenvalue weighted by Gasteiger charge is -2.20. The van der Waals surface area contributed by atoms with Crippen LogP contribution in [0.4, 0.5) is 0 Å². The molecule has 0 aliphatic rings. The van der Waals surface area contributed by atoms with E-state index in [1.54, 1.807) is 48.5 Å². The van der Waals surface area contributed by atoms with Crippen LogP contribution < -0.4 is 0 Å². The van der Waals surface area contributed by atoms with Crippen LogP contribution in [0.3, 0.4) is 0 Å². The zero-order valence-electron chi connectivity index (χ0n) is 29.1. The highest BCUT2D eigenvalue weighted by Gasteiger charge is 2.19. The van der Waals surface area contributed by atoms with Crippen LogP contribution >= 0.6 is 0 Å². The molecule has 0 amide bonds. The maximum atomic E-state index is 10.1. The van der Waals surface area contributed by atoms with Crippen molar-refractivity contribution in [1.82, 2.24) is 0 Å².